The molecule has 1 amide bonds. The van der Waals surface area contributed by atoms with E-state index < -0.39 is 0 Å². The first kappa shape index (κ1) is 26.1. The van der Waals surface area contributed by atoms with Crippen molar-refractivity contribution in [1.29, 1.82) is 0 Å². The van der Waals surface area contributed by atoms with Crippen LogP contribution in [0.3, 0.4) is 0 Å². The molecular formula is C29H38N2O2. The quantitative estimate of drug-likeness (QED) is 0.315. The molecule has 1 unspecified atom stereocenters. The van der Waals surface area contributed by atoms with Crippen LogP contribution in [0.5, 0.6) is 5.75 Å². The largest absolute Gasteiger partial charge is 0.494 e. The van der Waals surface area contributed by atoms with E-state index in [1.807, 2.05) is 73.3 Å². The molecule has 0 bridgehead atoms. The standard InChI is InChI=1S/C18H20N2O2.C9H12.C2H6/c19-11-4-12-22-16-9-7-14(8-10-16)17-13-18(21)20(17)15-5-2-1-3-6-15;1-2-6-9-7-4-3-5-8-9;1-2/h1-3,5-10,17H,4,11-13,19H2;3-5,7-8H,2,6H2,1H3;1-2H3. The van der Waals surface area contributed by atoms with E-state index in [0.717, 1.165) is 23.4 Å². The number of ether oxygens (including phenoxy) is 1. The smallest absolute Gasteiger partial charge is 0.230 e. The van der Waals surface area contributed by atoms with Gasteiger partial charge in [0.2, 0.25) is 5.91 Å². The van der Waals surface area contributed by atoms with Crippen molar-refractivity contribution >= 4 is 11.6 Å². The number of hydrogen-bond acceptors (Lipinski definition) is 3. The van der Waals surface area contributed by atoms with Crippen LogP contribution in [-0.4, -0.2) is 19.1 Å². The van der Waals surface area contributed by atoms with Gasteiger partial charge in [0.05, 0.1) is 19.1 Å². The van der Waals surface area contributed by atoms with Gasteiger partial charge in [-0.15, -0.1) is 0 Å². The van der Waals surface area contributed by atoms with Gasteiger partial charge in [-0.1, -0.05) is 87.9 Å². The second-order valence-electron chi connectivity index (χ2n) is 7.61. The van der Waals surface area contributed by atoms with Gasteiger partial charge in [0.15, 0.2) is 0 Å². The minimum atomic E-state index is 0.119. The van der Waals surface area contributed by atoms with E-state index >= 15 is 0 Å². The molecule has 33 heavy (non-hydrogen) atoms. The highest BCUT2D eigenvalue weighted by atomic mass is 16.5. The number of nitrogens with two attached hydrogens (primary N) is 1. The van der Waals surface area contributed by atoms with E-state index in [4.69, 9.17) is 10.5 Å². The monoisotopic (exact) mass is 446 g/mol. The van der Waals surface area contributed by atoms with Gasteiger partial charge in [-0.25, -0.2) is 0 Å². The van der Waals surface area contributed by atoms with Crippen molar-refractivity contribution in [2.75, 3.05) is 18.1 Å². The van der Waals surface area contributed by atoms with Crippen LogP contribution in [0.25, 0.3) is 0 Å². The zero-order chi connectivity index (χ0) is 23.9. The number of benzene rings is 3. The molecule has 0 spiro atoms. The minimum Gasteiger partial charge on any atom is -0.494 e. The number of β-lactam (4-membered cyclic amide) rings is 1. The Bertz CT molecular complexity index is 911. The highest BCUT2D eigenvalue weighted by molar-refractivity contribution is 6.01. The fourth-order valence-electron chi connectivity index (χ4n) is 3.59. The lowest BCUT2D eigenvalue weighted by Gasteiger charge is -2.40. The van der Waals surface area contributed by atoms with Gasteiger partial charge in [-0.05, 0) is 54.8 Å². The zero-order valence-electron chi connectivity index (χ0n) is 20.2. The fourth-order valence-corrected chi connectivity index (χ4v) is 3.59. The van der Waals surface area contributed by atoms with E-state index in [1.54, 1.807) is 0 Å². The number of carbonyl (C=O) groups is 1. The van der Waals surface area contributed by atoms with Crippen LogP contribution < -0.4 is 15.4 Å². The zero-order valence-corrected chi connectivity index (χ0v) is 20.2. The number of hydrogen-bond donors (Lipinski definition) is 1. The van der Waals surface area contributed by atoms with Crippen molar-refractivity contribution in [3.05, 3.63) is 96.1 Å². The summed E-state index contributed by atoms with van der Waals surface area (Å²) in [5, 5.41) is 0. The molecule has 0 radical (unpaired) electrons. The maximum atomic E-state index is 11.9. The van der Waals surface area contributed by atoms with Gasteiger partial charge in [-0.3, -0.25) is 4.79 Å². The predicted molar refractivity (Wildman–Crippen MR) is 139 cm³/mol. The van der Waals surface area contributed by atoms with E-state index in [0.29, 0.717) is 19.6 Å². The lowest BCUT2D eigenvalue weighted by Crippen LogP contribution is -2.46. The second kappa shape index (κ2) is 14.9. The number of nitrogens with zero attached hydrogens (tertiary/aromatic N) is 1. The van der Waals surface area contributed by atoms with Crippen LogP contribution in [0.2, 0.25) is 0 Å². The van der Waals surface area contributed by atoms with Gasteiger partial charge >= 0.3 is 0 Å². The molecule has 0 saturated carbocycles. The molecule has 3 aromatic rings. The summed E-state index contributed by atoms with van der Waals surface area (Å²) in [7, 11) is 0. The predicted octanol–water partition coefficient (Wildman–Crippen LogP) is 6.56. The lowest BCUT2D eigenvalue weighted by atomic mass is 9.93. The van der Waals surface area contributed by atoms with Crippen molar-refractivity contribution in [2.24, 2.45) is 5.73 Å². The highest BCUT2D eigenvalue weighted by Crippen LogP contribution is 2.38. The molecule has 0 aliphatic carbocycles. The fraction of sp³-hybridized carbons (Fsp3) is 0.345. The summed E-state index contributed by atoms with van der Waals surface area (Å²) < 4.78 is 5.60. The maximum absolute atomic E-state index is 11.9. The van der Waals surface area contributed by atoms with Gasteiger partial charge in [0, 0.05) is 5.69 Å². The third-order valence-electron chi connectivity index (χ3n) is 5.25. The summed E-state index contributed by atoms with van der Waals surface area (Å²) >= 11 is 0. The first-order valence-electron chi connectivity index (χ1n) is 12.1. The number of anilines is 1. The summed E-state index contributed by atoms with van der Waals surface area (Å²) in [4.78, 5) is 13.8. The molecule has 1 aliphatic heterocycles. The molecule has 1 fully saturated rings. The first-order valence-corrected chi connectivity index (χ1v) is 12.1. The Kier molecular flexibility index (Phi) is 11.8. The molecule has 2 N–H and O–H groups in total. The topological polar surface area (TPSA) is 55.6 Å². The van der Waals surface area contributed by atoms with Crippen LogP contribution in [0.1, 0.15) is 57.2 Å². The average Bonchev–Trinajstić information content (AvgIpc) is 2.86. The summed E-state index contributed by atoms with van der Waals surface area (Å²) in [6.07, 6.45) is 3.85. The van der Waals surface area contributed by atoms with Crippen molar-refractivity contribution in [1.82, 2.24) is 0 Å². The summed E-state index contributed by atoms with van der Waals surface area (Å²) in [5.74, 6) is 1.01. The Hall–Kier alpha value is -3.11. The van der Waals surface area contributed by atoms with Crippen molar-refractivity contribution < 1.29 is 9.53 Å². The Balaban J connectivity index is 0.000000293. The number of rotatable bonds is 8. The van der Waals surface area contributed by atoms with Crippen LogP contribution in [0, 0.1) is 0 Å². The molecule has 1 saturated heterocycles. The van der Waals surface area contributed by atoms with Crippen molar-refractivity contribution in [2.45, 2.75) is 52.5 Å². The van der Waals surface area contributed by atoms with Gasteiger partial charge in [-0.2, -0.15) is 0 Å². The highest BCUT2D eigenvalue weighted by Gasteiger charge is 2.38. The molecule has 1 heterocycles. The normalized spacial score (nSPS) is 14.2. The first-order chi connectivity index (χ1) is 16.2. The maximum Gasteiger partial charge on any atom is 0.230 e. The molecular weight excluding hydrogens is 408 g/mol. The molecule has 4 nitrogen and oxygen atoms in total. The number of carbonyl (C=O) groups excluding carboxylic acids is 1. The van der Waals surface area contributed by atoms with E-state index in [-0.39, 0.29) is 11.9 Å². The molecule has 0 aromatic heterocycles. The number of para-hydroxylation sites is 1. The second-order valence-corrected chi connectivity index (χ2v) is 7.61. The van der Waals surface area contributed by atoms with Gasteiger partial charge in [0.25, 0.3) is 0 Å². The Morgan fingerprint density at radius 3 is 2.06 bits per heavy atom. The Morgan fingerprint density at radius 1 is 0.909 bits per heavy atom. The molecule has 1 aliphatic rings. The molecule has 4 heteroatoms. The lowest BCUT2D eigenvalue weighted by molar-refractivity contribution is -0.124. The summed E-state index contributed by atoms with van der Waals surface area (Å²) in [6, 6.07) is 28.5. The van der Waals surface area contributed by atoms with Gasteiger partial charge < -0.3 is 15.4 Å². The van der Waals surface area contributed by atoms with E-state index in [2.05, 4.69) is 37.3 Å². The van der Waals surface area contributed by atoms with Crippen LogP contribution >= 0.6 is 0 Å². The van der Waals surface area contributed by atoms with Crippen molar-refractivity contribution in [3.63, 3.8) is 0 Å². The third-order valence-corrected chi connectivity index (χ3v) is 5.25. The van der Waals surface area contributed by atoms with Crippen LogP contribution in [0.4, 0.5) is 5.69 Å². The third kappa shape index (κ3) is 8.07. The van der Waals surface area contributed by atoms with E-state index in [9.17, 15) is 4.79 Å². The van der Waals surface area contributed by atoms with E-state index in [1.165, 1.54) is 18.4 Å². The minimum absolute atomic E-state index is 0.119. The Morgan fingerprint density at radius 2 is 1.52 bits per heavy atom. The molecule has 3 aromatic carbocycles. The van der Waals surface area contributed by atoms with Crippen LogP contribution in [-0.2, 0) is 11.2 Å². The molecule has 4 rings (SSSR count). The number of aryl methyl sites for hydroxylation is 1. The molecule has 176 valence electrons. The summed E-state index contributed by atoms with van der Waals surface area (Å²) in [6.45, 7) is 7.47. The van der Waals surface area contributed by atoms with Crippen LogP contribution in [0.15, 0.2) is 84.9 Å². The average molecular weight is 447 g/mol. The Labute approximate surface area is 199 Å². The molecule has 1 atom stereocenters. The summed E-state index contributed by atoms with van der Waals surface area (Å²) in [5.41, 5.74) is 8.98. The number of amides is 1. The van der Waals surface area contributed by atoms with Crippen molar-refractivity contribution in [3.8, 4) is 5.75 Å². The SMILES string of the molecule is CC.CCCc1ccccc1.NCCCOc1ccc(C2CC(=O)N2c2ccccc2)cc1. The van der Waals surface area contributed by atoms with Gasteiger partial charge in [0.1, 0.15) is 5.75 Å².